The minimum atomic E-state index is -3.83. The van der Waals surface area contributed by atoms with Crippen molar-refractivity contribution in [3.05, 3.63) is 29.8 Å². The van der Waals surface area contributed by atoms with E-state index in [4.69, 9.17) is 13.9 Å². The van der Waals surface area contributed by atoms with Crippen molar-refractivity contribution in [2.24, 2.45) is 5.92 Å². The Morgan fingerprint density at radius 3 is 2.81 bits per heavy atom. The third-order valence-electron chi connectivity index (χ3n) is 4.01. The predicted octanol–water partition coefficient (Wildman–Crippen LogP) is 1.81. The standard InChI is InChI=1S/C15H17F2N3O5S/c1-23-13(10-4-5-24-7-10)8-26(21,22)20-15-19-18-14(25-15)9-2-3-11(16)12(17)6-9/h2-3,6,10,13H,4-5,7-8H2,1H3,(H,19,20). The van der Waals surface area contributed by atoms with E-state index in [1.165, 1.54) is 13.2 Å². The van der Waals surface area contributed by atoms with Gasteiger partial charge in [-0.15, -0.1) is 5.10 Å². The zero-order valence-electron chi connectivity index (χ0n) is 13.8. The number of hydrogen-bond acceptors (Lipinski definition) is 7. The van der Waals surface area contributed by atoms with Gasteiger partial charge < -0.3 is 13.9 Å². The summed E-state index contributed by atoms with van der Waals surface area (Å²) in [5.41, 5.74) is 0.125. The number of hydrogen-bond donors (Lipinski definition) is 1. The molecular weight excluding hydrogens is 372 g/mol. The first-order chi connectivity index (χ1) is 12.4. The Morgan fingerprint density at radius 2 is 2.15 bits per heavy atom. The summed E-state index contributed by atoms with van der Waals surface area (Å²) in [6, 6.07) is 2.65. The van der Waals surface area contributed by atoms with Crippen molar-refractivity contribution in [3.8, 4) is 11.5 Å². The maximum absolute atomic E-state index is 13.3. The van der Waals surface area contributed by atoms with E-state index in [1.54, 1.807) is 0 Å². The van der Waals surface area contributed by atoms with Crippen LogP contribution in [0.4, 0.5) is 14.8 Å². The van der Waals surface area contributed by atoms with E-state index in [1.807, 2.05) is 0 Å². The maximum atomic E-state index is 13.3. The molecular formula is C15H17F2N3O5S. The molecule has 0 radical (unpaired) electrons. The summed E-state index contributed by atoms with van der Waals surface area (Å²) in [7, 11) is -2.39. The lowest BCUT2D eigenvalue weighted by molar-refractivity contribution is 0.0612. The van der Waals surface area contributed by atoms with E-state index >= 15 is 0 Å². The maximum Gasteiger partial charge on any atom is 0.329 e. The summed E-state index contributed by atoms with van der Waals surface area (Å²) in [5.74, 6) is -2.56. The quantitative estimate of drug-likeness (QED) is 0.770. The lowest BCUT2D eigenvalue weighted by Crippen LogP contribution is -2.34. The zero-order chi connectivity index (χ0) is 18.7. The molecule has 2 heterocycles. The van der Waals surface area contributed by atoms with Gasteiger partial charge in [0.15, 0.2) is 11.6 Å². The van der Waals surface area contributed by atoms with Crippen LogP contribution < -0.4 is 4.72 Å². The Kier molecular flexibility index (Phi) is 5.49. The van der Waals surface area contributed by atoms with Crippen molar-refractivity contribution in [1.82, 2.24) is 10.2 Å². The topological polar surface area (TPSA) is 104 Å². The van der Waals surface area contributed by atoms with Crippen molar-refractivity contribution < 1.29 is 31.1 Å². The van der Waals surface area contributed by atoms with Gasteiger partial charge in [-0.2, -0.15) is 0 Å². The van der Waals surface area contributed by atoms with E-state index in [0.717, 1.165) is 18.6 Å². The molecule has 0 saturated carbocycles. The SMILES string of the molecule is COC(CS(=O)(=O)Nc1nnc(-c2ccc(F)c(F)c2)o1)C1CCOC1. The third-order valence-corrected chi connectivity index (χ3v) is 5.26. The summed E-state index contributed by atoms with van der Waals surface area (Å²) in [4.78, 5) is 0. The molecule has 1 N–H and O–H groups in total. The van der Waals surface area contributed by atoms with E-state index in [0.29, 0.717) is 13.2 Å². The fourth-order valence-electron chi connectivity index (χ4n) is 2.64. The third kappa shape index (κ3) is 4.34. The normalized spacial score (nSPS) is 18.8. The molecule has 26 heavy (non-hydrogen) atoms. The van der Waals surface area contributed by atoms with E-state index in [2.05, 4.69) is 14.9 Å². The lowest BCUT2D eigenvalue weighted by atomic mass is 10.0. The second kappa shape index (κ2) is 7.64. The van der Waals surface area contributed by atoms with Crippen LogP contribution in [0.5, 0.6) is 0 Å². The van der Waals surface area contributed by atoms with Crippen LogP contribution in [-0.4, -0.2) is 50.8 Å². The highest BCUT2D eigenvalue weighted by Gasteiger charge is 2.30. The van der Waals surface area contributed by atoms with Crippen LogP contribution in [0.15, 0.2) is 22.6 Å². The van der Waals surface area contributed by atoms with Crippen molar-refractivity contribution in [2.45, 2.75) is 12.5 Å². The van der Waals surface area contributed by atoms with E-state index in [-0.39, 0.29) is 29.1 Å². The second-order valence-electron chi connectivity index (χ2n) is 5.82. The average Bonchev–Trinajstić information content (AvgIpc) is 3.27. The molecule has 2 aromatic rings. The van der Waals surface area contributed by atoms with E-state index < -0.39 is 27.8 Å². The number of methoxy groups -OCH3 is 1. The highest BCUT2D eigenvalue weighted by Crippen LogP contribution is 2.24. The first-order valence-electron chi connectivity index (χ1n) is 7.78. The molecule has 0 aliphatic carbocycles. The van der Waals surface area contributed by atoms with Crippen LogP contribution in [0.25, 0.3) is 11.5 Å². The molecule has 3 rings (SSSR count). The van der Waals surface area contributed by atoms with Crippen LogP contribution in [0.1, 0.15) is 6.42 Å². The zero-order valence-corrected chi connectivity index (χ0v) is 14.6. The first kappa shape index (κ1) is 18.7. The summed E-state index contributed by atoms with van der Waals surface area (Å²) in [6.07, 6.45) is 0.179. The molecule has 8 nitrogen and oxygen atoms in total. The Hall–Kier alpha value is -2.11. The van der Waals surface area contributed by atoms with Gasteiger partial charge in [0.05, 0.1) is 18.5 Å². The summed E-state index contributed by atoms with van der Waals surface area (Å²) >= 11 is 0. The average molecular weight is 389 g/mol. The molecule has 0 spiro atoms. The minimum absolute atomic E-state index is 0.0167. The smallest absolute Gasteiger partial charge is 0.329 e. The molecule has 0 bridgehead atoms. The molecule has 0 amide bonds. The number of sulfonamides is 1. The molecule has 1 aliphatic rings. The summed E-state index contributed by atoms with van der Waals surface area (Å²) in [5, 5.41) is 7.21. The molecule has 2 unspecified atom stereocenters. The number of ether oxygens (including phenoxy) is 2. The number of nitrogens with zero attached hydrogens (tertiary/aromatic N) is 2. The van der Waals surface area contributed by atoms with Crippen molar-refractivity contribution >= 4 is 16.0 Å². The van der Waals surface area contributed by atoms with Gasteiger partial charge in [-0.1, -0.05) is 5.10 Å². The first-order valence-corrected chi connectivity index (χ1v) is 9.43. The Balaban J connectivity index is 1.69. The fraction of sp³-hybridized carbons (Fsp3) is 0.467. The summed E-state index contributed by atoms with van der Waals surface area (Å²) < 4.78 is 68.7. The van der Waals surface area contributed by atoms with Crippen LogP contribution in [-0.2, 0) is 19.5 Å². The molecule has 11 heteroatoms. The van der Waals surface area contributed by atoms with Gasteiger partial charge in [0, 0.05) is 25.2 Å². The van der Waals surface area contributed by atoms with Crippen LogP contribution in [0, 0.1) is 17.6 Å². The van der Waals surface area contributed by atoms with E-state index in [9.17, 15) is 17.2 Å². The number of nitrogens with one attached hydrogen (secondary N) is 1. The van der Waals surface area contributed by atoms with Crippen molar-refractivity contribution in [1.29, 1.82) is 0 Å². The predicted molar refractivity (Wildman–Crippen MR) is 86.8 cm³/mol. The molecule has 1 aliphatic heterocycles. The minimum Gasteiger partial charge on any atom is -0.403 e. The number of rotatable bonds is 7. The molecule has 2 atom stereocenters. The van der Waals surface area contributed by atoms with Crippen LogP contribution >= 0.6 is 0 Å². The largest absolute Gasteiger partial charge is 0.403 e. The molecule has 142 valence electrons. The van der Waals surface area contributed by atoms with Gasteiger partial charge in [0.25, 0.3) is 0 Å². The monoisotopic (exact) mass is 389 g/mol. The van der Waals surface area contributed by atoms with Gasteiger partial charge in [-0.25, -0.2) is 21.9 Å². The van der Waals surface area contributed by atoms with Gasteiger partial charge >= 0.3 is 6.01 Å². The molecule has 1 aromatic carbocycles. The highest BCUT2D eigenvalue weighted by molar-refractivity contribution is 7.92. The Labute approximate surface area is 148 Å². The Morgan fingerprint density at radius 1 is 1.35 bits per heavy atom. The number of halogens is 2. The highest BCUT2D eigenvalue weighted by atomic mass is 32.2. The van der Waals surface area contributed by atoms with Crippen LogP contribution in [0.3, 0.4) is 0 Å². The van der Waals surface area contributed by atoms with Gasteiger partial charge in [-0.3, -0.25) is 0 Å². The number of anilines is 1. The van der Waals surface area contributed by atoms with Gasteiger partial charge in [0.1, 0.15) is 0 Å². The number of benzene rings is 1. The van der Waals surface area contributed by atoms with Crippen molar-refractivity contribution in [3.63, 3.8) is 0 Å². The second-order valence-corrected chi connectivity index (χ2v) is 7.59. The molecule has 1 aromatic heterocycles. The van der Waals surface area contributed by atoms with Crippen molar-refractivity contribution in [2.75, 3.05) is 30.8 Å². The fourth-order valence-corrected chi connectivity index (χ4v) is 3.92. The Bertz CT molecular complexity index is 868. The lowest BCUT2D eigenvalue weighted by Gasteiger charge is -2.20. The summed E-state index contributed by atoms with van der Waals surface area (Å²) in [6.45, 7) is 1.01. The molecule has 1 fully saturated rings. The van der Waals surface area contributed by atoms with Crippen LogP contribution in [0.2, 0.25) is 0 Å². The number of aromatic nitrogens is 2. The molecule has 1 saturated heterocycles. The van der Waals surface area contributed by atoms with Gasteiger partial charge in [0.2, 0.25) is 15.9 Å². The van der Waals surface area contributed by atoms with Gasteiger partial charge in [-0.05, 0) is 24.6 Å².